The first kappa shape index (κ1) is 9.15. The molecule has 0 aromatic carbocycles. The van der Waals surface area contributed by atoms with Crippen LogP contribution in [-0.4, -0.2) is 11.5 Å². The van der Waals surface area contributed by atoms with Crippen LogP contribution < -0.4 is 0 Å². The number of ketones is 1. The molecule has 72 valence electrons. The fraction of sp³-hybridized carbons (Fsp3) is 0.200. The lowest BCUT2D eigenvalue weighted by molar-refractivity contribution is -0.116. The molecule has 2 heterocycles. The zero-order chi connectivity index (χ0) is 9.97. The first-order valence-corrected chi connectivity index (χ1v) is 5.14. The largest absolute Gasteiger partial charge is 0.353 e. The summed E-state index contributed by atoms with van der Waals surface area (Å²) < 4.78 is 0. The van der Waals surface area contributed by atoms with Crippen molar-refractivity contribution < 1.29 is 9.63 Å². The average Bonchev–Trinajstić information content (AvgIpc) is 2.71. The Kier molecular flexibility index (Phi) is 2.45. The summed E-state index contributed by atoms with van der Waals surface area (Å²) in [5, 5.41) is 5.90. The van der Waals surface area contributed by atoms with Crippen LogP contribution >= 0.6 is 11.3 Å². The summed E-state index contributed by atoms with van der Waals surface area (Å²) in [5.41, 5.74) is 0.880. The van der Waals surface area contributed by atoms with E-state index in [4.69, 9.17) is 4.84 Å². The second-order valence-electron chi connectivity index (χ2n) is 2.94. The number of allylic oxidation sites excluding steroid dienone is 2. The highest BCUT2D eigenvalue weighted by Crippen LogP contribution is 2.18. The van der Waals surface area contributed by atoms with Gasteiger partial charge in [-0.25, -0.2) is 0 Å². The van der Waals surface area contributed by atoms with Crippen LogP contribution in [0, 0.1) is 0 Å². The highest BCUT2D eigenvalue weighted by Gasteiger charge is 2.14. The monoisotopic (exact) mass is 207 g/mol. The predicted octanol–water partition coefficient (Wildman–Crippen LogP) is 2.35. The van der Waals surface area contributed by atoms with E-state index >= 15 is 0 Å². The summed E-state index contributed by atoms with van der Waals surface area (Å²) in [6.45, 7) is 1.47. The first-order chi connectivity index (χ1) is 6.77. The lowest BCUT2D eigenvalue weighted by Crippen LogP contribution is -2.08. The Bertz CT molecular complexity index is 404. The summed E-state index contributed by atoms with van der Waals surface area (Å²) in [6.07, 6.45) is 2.43. The van der Waals surface area contributed by atoms with E-state index in [2.05, 4.69) is 5.16 Å². The Balaban J connectivity index is 2.12. The van der Waals surface area contributed by atoms with Crippen LogP contribution in [0.25, 0.3) is 0 Å². The third-order valence-corrected chi connectivity index (χ3v) is 2.81. The van der Waals surface area contributed by atoms with Crippen molar-refractivity contribution in [2.45, 2.75) is 13.3 Å². The van der Waals surface area contributed by atoms with Gasteiger partial charge in [-0.1, -0.05) is 11.2 Å². The highest BCUT2D eigenvalue weighted by atomic mass is 32.1. The molecule has 2 rings (SSSR count). The second kappa shape index (κ2) is 3.75. The van der Waals surface area contributed by atoms with Gasteiger partial charge in [0.15, 0.2) is 11.5 Å². The van der Waals surface area contributed by atoms with Crippen molar-refractivity contribution in [2.75, 3.05) is 0 Å². The van der Waals surface area contributed by atoms with Gasteiger partial charge in [-0.05, 0) is 17.5 Å². The van der Waals surface area contributed by atoms with Crippen molar-refractivity contribution >= 4 is 22.8 Å². The molecule has 0 unspecified atom stereocenters. The molecule has 0 N–H and O–H groups in total. The van der Waals surface area contributed by atoms with Crippen molar-refractivity contribution in [1.29, 1.82) is 0 Å². The molecule has 0 saturated carbocycles. The van der Waals surface area contributed by atoms with Crippen molar-refractivity contribution in [2.24, 2.45) is 5.16 Å². The number of thiophene rings is 1. The van der Waals surface area contributed by atoms with Gasteiger partial charge in [0.25, 0.3) is 0 Å². The van der Waals surface area contributed by atoms with E-state index in [1.165, 1.54) is 6.92 Å². The number of nitrogens with zero attached hydrogens (tertiary/aromatic N) is 1. The molecule has 0 spiro atoms. The third kappa shape index (κ3) is 1.75. The van der Waals surface area contributed by atoms with Crippen LogP contribution in [0.2, 0.25) is 0 Å². The summed E-state index contributed by atoms with van der Waals surface area (Å²) in [5.74, 6) is 0.254. The summed E-state index contributed by atoms with van der Waals surface area (Å²) in [6, 6.07) is 3.95. The fourth-order valence-corrected chi connectivity index (χ4v) is 1.88. The van der Waals surface area contributed by atoms with Crippen LogP contribution in [0.5, 0.6) is 0 Å². The van der Waals surface area contributed by atoms with Gasteiger partial charge in [-0.15, -0.1) is 11.3 Å². The van der Waals surface area contributed by atoms with Gasteiger partial charge in [0, 0.05) is 13.3 Å². The van der Waals surface area contributed by atoms with Gasteiger partial charge >= 0.3 is 0 Å². The van der Waals surface area contributed by atoms with Gasteiger partial charge in [0.1, 0.15) is 5.71 Å². The molecule has 3 nitrogen and oxygen atoms in total. The Hall–Kier alpha value is -1.42. The second-order valence-corrected chi connectivity index (χ2v) is 3.88. The molecule has 1 aromatic rings. The predicted molar refractivity (Wildman–Crippen MR) is 55.3 cm³/mol. The van der Waals surface area contributed by atoms with Crippen LogP contribution in [0.3, 0.4) is 0 Å². The number of hydrogen-bond donors (Lipinski definition) is 0. The van der Waals surface area contributed by atoms with Gasteiger partial charge in [0.05, 0.1) is 4.88 Å². The number of oxime groups is 1. The number of carbonyl (C=O) groups excluding carboxylic acids is 1. The molecular formula is C10H9NO2S. The van der Waals surface area contributed by atoms with Crippen molar-refractivity contribution in [1.82, 2.24) is 0 Å². The molecule has 0 radical (unpaired) electrons. The maximum absolute atomic E-state index is 10.9. The molecule has 1 aliphatic heterocycles. The highest BCUT2D eigenvalue weighted by molar-refractivity contribution is 7.12. The molecule has 0 atom stereocenters. The van der Waals surface area contributed by atoms with Crippen molar-refractivity contribution in [3.63, 3.8) is 0 Å². The van der Waals surface area contributed by atoms with E-state index < -0.39 is 0 Å². The third-order valence-electron chi connectivity index (χ3n) is 1.89. The molecule has 0 saturated heterocycles. The molecular weight excluding hydrogens is 198 g/mol. The zero-order valence-corrected chi connectivity index (χ0v) is 8.50. The van der Waals surface area contributed by atoms with Crippen molar-refractivity contribution in [3.05, 3.63) is 34.2 Å². The van der Waals surface area contributed by atoms with Gasteiger partial charge in [-0.3, -0.25) is 4.79 Å². The van der Waals surface area contributed by atoms with Crippen LogP contribution in [0.1, 0.15) is 18.2 Å². The standard InChI is InChI=1S/C10H9NO2S/c1-7(12)9-5-4-8(11-13-9)10-3-2-6-14-10/h2-3,5-6H,4H2,1H3. The van der Waals surface area contributed by atoms with Gasteiger partial charge < -0.3 is 4.84 Å². The van der Waals surface area contributed by atoms with Crippen LogP contribution in [0.15, 0.2) is 34.5 Å². The van der Waals surface area contributed by atoms with E-state index in [1.807, 2.05) is 17.5 Å². The Morgan fingerprint density at radius 2 is 2.50 bits per heavy atom. The minimum Gasteiger partial charge on any atom is -0.353 e. The summed E-state index contributed by atoms with van der Waals surface area (Å²) >= 11 is 1.61. The number of hydrogen-bond acceptors (Lipinski definition) is 4. The maximum Gasteiger partial charge on any atom is 0.197 e. The molecule has 1 aromatic heterocycles. The Morgan fingerprint density at radius 3 is 3.00 bits per heavy atom. The van der Waals surface area contributed by atoms with Crippen molar-refractivity contribution in [3.8, 4) is 0 Å². The topological polar surface area (TPSA) is 38.7 Å². The van der Waals surface area contributed by atoms with Crippen LogP contribution in [-0.2, 0) is 9.63 Å². The average molecular weight is 207 g/mol. The number of rotatable bonds is 2. The molecule has 0 aliphatic carbocycles. The van der Waals surface area contributed by atoms with E-state index in [-0.39, 0.29) is 5.78 Å². The van der Waals surface area contributed by atoms with E-state index in [1.54, 1.807) is 17.4 Å². The summed E-state index contributed by atoms with van der Waals surface area (Å²) in [7, 11) is 0. The lowest BCUT2D eigenvalue weighted by atomic mass is 10.2. The quantitative estimate of drug-likeness (QED) is 0.746. The molecule has 0 fully saturated rings. The molecule has 0 bridgehead atoms. The van der Waals surface area contributed by atoms with Gasteiger partial charge in [-0.2, -0.15) is 0 Å². The Labute approximate surface area is 85.7 Å². The lowest BCUT2D eigenvalue weighted by Gasteiger charge is -2.09. The fourth-order valence-electron chi connectivity index (χ4n) is 1.16. The SMILES string of the molecule is CC(=O)C1=CCC(c2cccs2)=NO1. The molecule has 14 heavy (non-hydrogen) atoms. The molecule has 1 aliphatic rings. The Morgan fingerprint density at radius 1 is 1.64 bits per heavy atom. The summed E-state index contributed by atoms with van der Waals surface area (Å²) in [4.78, 5) is 17.0. The van der Waals surface area contributed by atoms with E-state index in [9.17, 15) is 4.79 Å². The zero-order valence-electron chi connectivity index (χ0n) is 7.69. The van der Waals surface area contributed by atoms with Gasteiger partial charge in [0.2, 0.25) is 0 Å². The smallest absolute Gasteiger partial charge is 0.197 e. The normalized spacial score (nSPS) is 15.5. The van der Waals surface area contributed by atoms with E-state index in [0.29, 0.717) is 12.2 Å². The maximum atomic E-state index is 10.9. The minimum absolute atomic E-state index is 0.0843. The minimum atomic E-state index is -0.0843. The number of carbonyl (C=O) groups is 1. The number of Topliss-reactive ketones (excluding diaryl/α,β-unsaturated/α-hetero) is 1. The van der Waals surface area contributed by atoms with E-state index in [0.717, 1.165) is 10.6 Å². The molecule has 4 heteroatoms. The molecule has 0 amide bonds. The van der Waals surface area contributed by atoms with Crippen LogP contribution in [0.4, 0.5) is 0 Å². The first-order valence-electron chi connectivity index (χ1n) is 4.26.